The predicted molar refractivity (Wildman–Crippen MR) is 100 cm³/mol. The van der Waals surface area contributed by atoms with Crippen molar-refractivity contribution < 1.29 is 19.1 Å². The maximum Gasteiger partial charge on any atom is 0.350 e. The molecule has 0 aliphatic rings. The molecule has 7 nitrogen and oxygen atoms in total. The van der Waals surface area contributed by atoms with Gasteiger partial charge in [-0.2, -0.15) is 0 Å². The molecule has 0 radical (unpaired) electrons. The lowest BCUT2D eigenvalue weighted by molar-refractivity contribution is 0.0531. The van der Waals surface area contributed by atoms with Crippen molar-refractivity contribution in [2.24, 2.45) is 7.05 Å². The summed E-state index contributed by atoms with van der Waals surface area (Å²) in [6.45, 7) is 3.74. The van der Waals surface area contributed by atoms with Gasteiger partial charge in [-0.05, 0) is 32.0 Å². The molecule has 0 unspecified atom stereocenters. The van der Waals surface area contributed by atoms with Crippen LogP contribution in [0.3, 0.4) is 0 Å². The second kappa shape index (κ2) is 7.17. The van der Waals surface area contributed by atoms with Crippen LogP contribution in [0.2, 0.25) is 0 Å². The standard InChI is InChI=1S/C18H19N3O4S/c1-5-25-17(23)15-10(2)19-18(26-15)20-16(22)13-9-21(3)14-7-6-11(24-4)8-12(13)14/h6-9H,5H2,1-4H3,(H,19,20,22). The molecule has 0 saturated carbocycles. The number of ether oxygens (including phenoxy) is 2. The molecule has 3 aromatic rings. The van der Waals surface area contributed by atoms with Gasteiger partial charge in [-0.1, -0.05) is 11.3 Å². The number of amides is 1. The minimum absolute atomic E-state index is 0.287. The number of thiazole rings is 1. The van der Waals surface area contributed by atoms with Crippen molar-refractivity contribution in [3.63, 3.8) is 0 Å². The maximum absolute atomic E-state index is 12.7. The Hall–Kier alpha value is -2.87. The highest BCUT2D eigenvalue weighted by molar-refractivity contribution is 7.17. The van der Waals surface area contributed by atoms with Crippen molar-refractivity contribution in [3.8, 4) is 5.75 Å². The number of esters is 1. The molecule has 0 fully saturated rings. The van der Waals surface area contributed by atoms with E-state index in [-0.39, 0.29) is 12.5 Å². The third-order valence-electron chi connectivity index (χ3n) is 3.92. The molecule has 26 heavy (non-hydrogen) atoms. The molecule has 8 heteroatoms. The number of nitrogens with one attached hydrogen (secondary N) is 1. The highest BCUT2D eigenvalue weighted by Gasteiger charge is 2.20. The number of aromatic nitrogens is 2. The zero-order valence-corrected chi connectivity index (χ0v) is 15.8. The van der Waals surface area contributed by atoms with Gasteiger partial charge in [-0.3, -0.25) is 10.1 Å². The van der Waals surface area contributed by atoms with Gasteiger partial charge in [0, 0.05) is 24.1 Å². The topological polar surface area (TPSA) is 82.5 Å². The molecule has 1 aromatic carbocycles. The minimum atomic E-state index is -0.433. The summed E-state index contributed by atoms with van der Waals surface area (Å²) in [7, 11) is 3.46. The van der Waals surface area contributed by atoms with Gasteiger partial charge in [0.15, 0.2) is 5.13 Å². The molecule has 0 atom stereocenters. The first-order valence-corrected chi connectivity index (χ1v) is 8.85. The Kier molecular flexibility index (Phi) is 4.94. The number of benzene rings is 1. The molecule has 0 aliphatic heterocycles. The first-order chi connectivity index (χ1) is 12.4. The molecule has 0 bridgehead atoms. The first kappa shape index (κ1) is 17.9. The summed E-state index contributed by atoms with van der Waals surface area (Å²) < 4.78 is 12.1. The van der Waals surface area contributed by atoms with Crippen LogP contribution >= 0.6 is 11.3 Å². The lowest BCUT2D eigenvalue weighted by atomic mass is 10.1. The van der Waals surface area contributed by atoms with Crippen LogP contribution in [0.25, 0.3) is 10.9 Å². The fourth-order valence-corrected chi connectivity index (χ4v) is 3.53. The van der Waals surface area contributed by atoms with Crippen LogP contribution in [0.4, 0.5) is 5.13 Å². The van der Waals surface area contributed by atoms with E-state index < -0.39 is 5.97 Å². The first-order valence-electron chi connectivity index (χ1n) is 8.03. The van der Waals surface area contributed by atoms with Gasteiger partial charge >= 0.3 is 5.97 Å². The molecule has 1 amide bonds. The summed E-state index contributed by atoms with van der Waals surface area (Å²) in [6, 6.07) is 5.57. The molecule has 0 aliphatic carbocycles. The number of hydrogen-bond acceptors (Lipinski definition) is 6. The van der Waals surface area contributed by atoms with Crippen LogP contribution in [-0.2, 0) is 11.8 Å². The van der Waals surface area contributed by atoms with Crippen molar-refractivity contribution in [2.45, 2.75) is 13.8 Å². The van der Waals surface area contributed by atoms with Gasteiger partial charge < -0.3 is 14.0 Å². The number of methoxy groups -OCH3 is 1. The molecule has 0 spiro atoms. The Labute approximate surface area is 154 Å². The second-order valence-electron chi connectivity index (χ2n) is 5.64. The third-order valence-corrected chi connectivity index (χ3v) is 4.97. The quantitative estimate of drug-likeness (QED) is 0.693. The van der Waals surface area contributed by atoms with E-state index in [2.05, 4.69) is 10.3 Å². The lowest BCUT2D eigenvalue weighted by Crippen LogP contribution is -2.11. The molecule has 1 N–H and O–H groups in total. The van der Waals surface area contributed by atoms with Crippen LogP contribution in [-0.4, -0.2) is 35.1 Å². The number of carbonyl (C=O) groups is 2. The Morgan fingerprint density at radius 3 is 2.81 bits per heavy atom. The summed E-state index contributed by atoms with van der Waals surface area (Å²) in [5.41, 5.74) is 1.95. The number of nitrogens with zero attached hydrogens (tertiary/aromatic N) is 2. The van der Waals surface area contributed by atoms with Crippen LogP contribution in [0.15, 0.2) is 24.4 Å². The molecule has 3 rings (SSSR count). The second-order valence-corrected chi connectivity index (χ2v) is 6.64. The maximum atomic E-state index is 12.7. The van der Waals surface area contributed by atoms with Crippen molar-refractivity contribution in [2.75, 3.05) is 19.0 Å². The molecule has 0 saturated heterocycles. The van der Waals surface area contributed by atoms with Crippen molar-refractivity contribution in [1.29, 1.82) is 0 Å². The van der Waals surface area contributed by atoms with E-state index in [0.717, 1.165) is 22.2 Å². The predicted octanol–water partition coefficient (Wildman–Crippen LogP) is 3.38. The highest BCUT2D eigenvalue weighted by Crippen LogP contribution is 2.28. The van der Waals surface area contributed by atoms with Crippen LogP contribution < -0.4 is 10.1 Å². The molecular weight excluding hydrogens is 354 g/mol. The SMILES string of the molecule is CCOC(=O)c1sc(NC(=O)c2cn(C)c3ccc(OC)cc23)nc1C. The Morgan fingerprint density at radius 2 is 2.12 bits per heavy atom. The van der Waals surface area contributed by atoms with E-state index in [1.54, 1.807) is 27.2 Å². The molecule has 136 valence electrons. The Balaban J connectivity index is 1.90. The van der Waals surface area contributed by atoms with E-state index in [1.165, 1.54) is 0 Å². The number of carbonyl (C=O) groups excluding carboxylic acids is 2. The zero-order chi connectivity index (χ0) is 18.8. The summed E-state index contributed by atoms with van der Waals surface area (Å²) in [4.78, 5) is 29.3. The summed E-state index contributed by atoms with van der Waals surface area (Å²) in [5.74, 6) is -0.0571. The van der Waals surface area contributed by atoms with Crippen LogP contribution in [0.5, 0.6) is 5.75 Å². The largest absolute Gasteiger partial charge is 0.497 e. The van der Waals surface area contributed by atoms with E-state index in [9.17, 15) is 9.59 Å². The molecule has 2 aromatic heterocycles. The monoisotopic (exact) mass is 373 g/mol. The van der Waals surface area contributed by atoms with Crippen molar-refractivity contribution in [3.05, 3.63) is 40.5 Å². The molecular formula is C18H19N3O4S. The summed E-state index contributed by atoms with van der Waals surface area (Å²) >= 11 is 1.10. The van der Waals surface area contributed by atoms with E-state index >= 15 is 0 Å². The van der Waals surface area contributed by atoms with E-state index in [0.29, 0.717) is 27.0 Å². The number of rotatable bonds is 5. The number of aryl methyl sites for hydroxylation is 2. The Bertz CT molecular complexity index is 990. The number of anilines is 1. The smallest absolute Gasteiger partial charge is 0.350 e. The van der Waals surface area contributed by atoms with E-state index in [4.69, 9.17) is 9.47 Å². The van der Waals surface area contributed by atoms with Crippen LogP contribution in [0.1, 0.15) is 32.6 Å². The fourth-order valence-electron chi connectivity index (χ4n) is 2.68. The highest BCUT2D eigenvalue weighted by atomic mass is 32.1. The summed E-state index contributed by atoms with van der Waals surface area (Å²) in [6.07, 6.45) is 1.76. The number of hydrogen-bond donors (Lipinski definition) is 1. The third kappa shape index (κ3) is 3.28. The summed E-state index contributed by atoms with van der Waals surface area (Å²) in [5, 5.41) is 3.90. The Morgan fingerprint density at radius 1 is 1.35 bits per heavy atom. The fraction of sp³-hybridized carbons (Fsp3) is 0.278. The van der Waals surface area contributed by atoms with Crippen molar-refractivity contribution >= 4 is 39.2 Å². The normalized spacial score (nSPS) is 10.8. The number of fused-ring (bicyclic) bond motifs is 1. The van der Waals surface area contributed by atoms with Gasteiger partial charge in [0.1, 0.15) is 10.6 Å². The lowest BCUT2D eigenvalue weighted by Gasteiger charge is -2.02. The van der Waals surface area contributed by atoms with Crippen LogP contribution in [0, 0.1) is 6.92 Å². The van der Waals surface area contributed by atoms with Crippen molar-refractivity contribution in [1.82, 2.24) is 9.55 Å². The minimum Gasteiger partial charge on any atom is -0.497 e. The zero-order valence-electron chi connectivity index (χ0n) is 15.0. The van der Waals surface area contributed by atoms with Gasteiger partial charge in [0.25, 0.3) is 5.91 Å². The van der Waals surface area contributed by atoms with Gasteiger partial charge in [0.2, 0.25) is 0 Å². The molecule has 2 heterocycles. The van der Waals surface area contributed by atoms with Gasteiger partial charge in [0.05, 0.1) is 25.0 Å². The van der Waals surface area contributed by atoms with Gasteiger partial charge in [-0.25, -0.2) is 9.78 Å². The van der Waals surface area contributed by atoms with E-state index in [1.807, 2.05) is 29.8 Å². The average Bonchev–Trinajstić information content (AvgIpc) is 3.15. The van der Waals surface area contributed by atoms with Gasteiger partial charge in [-0.15, -0.1) is 0 Å². The average molecular weight is 373 g/mol.